The van der Waals surface area contributed by atoms with Gasteiger partial charge < -0.3 is 9.64 Å². The molecule has 1 aromatic rings. The molecule has 3 rings (SSSR count). The fourth-order valence-corrected chi connectivity index (χ4v) is 6.31. The van der Waals surface area contributed by atoms with Gasteiger partial charge in [0.1, 0.15) is 4.90 Å². The highest BCUT2D eigenvalue weighted by molar-refractivity contribution is 7.89. The van der Waals surface area contributed by atoms with Gasteiger partial charge >= 0.3 is 5.97 Å². The molecule has 0 N–H and O–H groups in total. The zero-order valence-corrected chi connectivity index (χ0v) is 19.6. The third-order valence-electron chi connectivity index (χ3n) is 6.10. The van der Waals surface area contributed by atoms with E-state index in [0.29, 0.717) is 19.6 Å². The monoisotopic (exact) mass is 470 g/mol. The van der Waals surface area contributed by atoms with Gasteiger partial charge in [-0.15, -0.1) is 0 Å². The van der Waals surface area contributed by atoms with E-state index in [-0.39, 0.29) is 34.0 Å². The number of amides is 1. The molecule has 1 atom stereocenters. The quantitative estimate of drug-likeness (QED) is 0.589. The topological polar surface area (TPSA) is 84.0 Å². The van der Waals surface area contributed by atoms with Gasteiger partial charge in [-0.2, -0.15) is 4.31 Å². The lowest BCUT2D eigenvalue weighted by Gasteiger charge is -2.35. The predicted molar refractivity (Wildman–Crippen MR) is 119 cm³/mol. The zero-order valence-electron chi connectivity index (χ0n) is 18.0. The van der Waals surface area contributed by atoms with Gasteiger partial charge in [0.2, 0.25) is 10.0 Å². The number of sulfonamides is 1. The van der Waals surface area contributed by atoms with Crippen LogP contribution in [0.4, 0.5) is 0 Å². The second-order valence-corrected chi connectivity index (χ2v) is 10.5. The van der Waals surface area contributed by atoms with Crippen molar-refractivity contribution in [1.29, 1.82) is 0 Å². The minimum absolute atomic E-state index is 0.0657. The molecule has 2 aliphatic heterocycles. The average molecular weight is 471 g/mol. The van der Waals surface area contributed by atoms with Crippen LogP contribution in [0, 0.1) is 0 Å². The first-order valence-electron chi connectivity index (χ1n) is 11.1. The molecule has 0 radical (unpaired) electrons. The van der Waals surface area contributed by atoms with E-state index < -0.39 is 16.0 Å². The maximum Gasteiger partial charge on any atom is 0.338 e. The molecule has 0 saturated carbocycles. The molecular formula is C22H31ClN2O5S. The van der Waals surface area contributed by atoms with E-state index in [0.717, 1.165) is 51.4 Å². The Hall–Kier alpha value is -1.64. The van der Waals surface area contributed by atoms with Crippen molar-refractivity contribution >= 4 is 33.5 Å². The van der Waals surface area contributed by atoms with Crippen molar-refractivity contribution in [3.8, 4) is 0 Å². The van der Waals surface area contributed by atoms with Crippen molar-refractivity contribution in [1.82, 2.24) is 9.21 Å². The number of hydrogen-bond donors (Lipinski definition) is 0. The summed E-state index contributed by atoms with van der Waals surface area (Å²) in [6.45, 7) is 3.25. The molecule has 2 aliphatic rings. The molecule has 1 amide bonds. The molecule has 2 heterocycles. The Labute approximate surface area is 189 Å². The van der Waals surface area contributed by atoms with Crippen LogP contribution in [0.2, 0.25) is 5.02 Å². The third kappa shape index (κ3) is 5.79. The second-order valence-electron chi connectivity index (χ2n) is 8.18. The molecule has 2 fully saturated rings. The lowest BCUT2D eigenvalue weighted by Crippen LogP contribution is -2.45. The number of carbonyl (C=O) groups excluding carboxylic acids is 2. The van der Waals surface area contributed by atoms with Crippen molar-refractivity contribution in [2.24, 2.45) is 0 Å². The van der Waals surface area contributed by atoms with Crippen molar-refractivity contribution < 1.29 is 22.7 Å². The normalized spacial score (nSPS) is 20.8. The number of carbonyl (C=O) groups is 2. The summed E-state index contributed by atoms with van der Waals surface area (Å²) in [5.74, 6) is -0.950. The minimum atomic E-state index is -3.81. The first kappa shape index (κ1) is 24.0. The fraction of sp³-hybridized carbons (Fsp3) is 0.636. The maximum absolute atomic E-state index is 13.1. The molecule has 31 heavy (non-hydrogen) atoms. The van der Waals surface area contributed by atoms with Gasteiger partial charge in [0.05, 0.1) is 10.6 Å². The Morgan fingerprint density at radius 3 is 2.42 bits per heavy atom. The van der Waals surface area contributed by atoms with Crippen molar-refractivity contribution in [3.63, 3.8) is 0 Å². The average Bonchev–Trinajstić information content (AvgIpc) is 3.07. The Morgan fingerprint density at radius 2 is 1.74 bits per heavy atom. The lowest BCUT2D eigenvalue weighted by atomic mass is 10.00. The Kier molecular flexibility index (Phi) is 8.36. The lowest BCUT2D eigenvalue weighted by molar-refractivity contribution is -0.138. The van der Waals surface area contributed by atoms with Crippen LogP contribution in [0.15, 0.2) is 23.1 Å². The van der Waals surface area contributed by atoms with Gasteiger partial charge in [-0.1, -0.05) is 31.4 Å². The number of esters is 1. The van der Waals surface area contributed by atoms with E-state index in [1.54, 1.807) is 4.90 Å². The van der Waals surface area contributed by atoms with Crippen molar-refractivity contribution in [2.45, 2.75) is 69.2 Å². The largest absolute Gasteiger partial charge is 0.452 e. The maximum atomic E-state index is 13.1. The first-order valence-corrected chi connectivity index (χ1v) is 12.9. The summed E-state index contributed by atoms with van der Waals surface area (Å²) >= 11 is 6.19. The van der Waals surface area contributed by atoms with Crippen LogP contribution in [0.1, 0.15) is 68.6 Å². The summed E-state index contributed by atoms with van der Waals surface area (Å²) < 4.78 is 32.9. The molecular weight excluding hydrogens is 440 g/mol. The Morgan fingerprint density at radius 1 is 1.06 bits per heavy atom. The minimum Gasteiger partial charge on any atom is -0.452 e. The molecule has 0 aromatic heterocycles. The van der Waals surface area contributed by atoms with E-state index in [2.05, 4.69) is 0 Å². The van der Waals surface area contributed by atoms with Crippen LogP contribution >= 0.6 is 11.6 Å². The summed E-state index contributed by atoms with van der Waals surface area (Å²) in [5.41, 5.74) is 0.0660. The number of benzene rings is 1. The molecule has 1 aromatic carbocycles. The molecule has 172 valence electrons. The van der Waals surface area contributed by atoms with Gasteiger partial charge in [0, 0.05) is 25.7 Å². The summed E-state index contributed by atoms with van der Waals surface area (Å²) in [5, 5.41) is 0.0657. The van der Waals surface area contributed by atoms with Crippen LogP contribution in [0.3, 0.4) is 0 Å². The standard InChI is InChI=1S/C22H31ClN2O5S/c1-2-18-9-5-8-14-25(18)21(26)16-30-22(27)17-10-11-19(23)20(15-17)31(28,29)24-12-6-3-4-7-13-24/h10-11,15,18H,2-9,12-14,16H2,1H3. The van der Waals surface area contributed by atoms with Gasteiger partial charge in [-0.3, -0.25) is 4.79 Å². The van der Waals surface area contributed by atoms with Gasteiger partial charge in [0.25, 0.3) is 5.91 Å². The molecule has 1 unspecified atom stereocenters. The molecule has 0 bridgehead atoms. The fourth-order valence-electron chi connectivity index (χ4n) is 4.30. The Balaban J connectivity index is 1.70. The molecule has 2 saturated heterocycles. The smallest absolute Gasteiger partial charge is 0.338 e. The van der Waals surface area contributed by atoms with Gasteiger partial charge in [-0.25, -0.2) is 13.2 Å². The SMILES string of the molecule is CCC1CCCCN1C(=O)COC(=O)c1ccc(Cl)c(S(=O)(=O)N2CCCCCC2)c1. The summed E-state index contributed by atoms with van der Waals surface area (Å²) in [6, 6.07) is 4.25. The van der Waals surface area contributed by atoms with Crippen LogP contribution in [0.5, 0.6) is 0 Å². The van der Waals surface area contributed by atoms with Crippen molar-refractivity contribution in [3.05, 3.63) is 28.8 Å². The van der Waals surface area contributed by atoms with Gasteiger partial charge in [-0.05, 0) is 56.7 Å². The number of likely N-dealkylation sites (tertiary alicyclic amines) is 1. The highest BCUT2D eigenvalue weighted by Gasteiger charge is 2.29. The van der Waals surface area contributed by atoms with Gasteiger partial charge in [0.15, 0.2) is 6.61 Å². The molecule has 9 heteroatoms. The number of nitrogens with zero attached hydrogens (tertiary/aromatic N) is 2. The number of piperidine rings is 1. The number of halogens is 1. The summed E-state index contributed by atoms with van der Waals surface area (Å²) in [4.78, 5) is 26.8. The molecule has 0 spiro atoms. The third-order valence-corrected chi connectivity index (χ3v) is 8.48. The molecule has 0 aliphatic carbocycles. The Bertz CT molecular complexity index is 897. The van der Waals surface area contributed by atoms with E-state index in [1.165, 1.54) is 22.5 Å². The van der Waals surface area contributed by atoms with E-state index in [1.807, 2.05) is 6.92 Å². The number of ether oxygens (including phenoxy) is 1. The van der Waals surface area contributed by atoms with Crippen LogP contribution in [-0.4, -0.2) is 61.8 Å². The zero-order chi connectivity index (χ0) is 22.4. The first-order chi connectivity index (χ1) is 14.8. The summed E-state index contributed by atoms with van der Waals surface area (Å²) in [6.07, 6.45) is 7.48. The highest BCUT2D eigenvalue weighted by Crippen LogP contribution is 2.28. The van der Waals surface area contributed by atoms with Crippen LogP contribution in [0.25, 0.3) is 0 Å². The van der Waals surface area contributed by atoms with E-state index in [9.17, 15) is 18.0 Å². The highest BCUT2D eigenvalue weighted by atomic mass is 35.5. The van der Waals surface area contributed by atoms with Crippen LogP contribution < -0.4 is 0 Å². The van der Waals surface area contributed by atoms with Crippen LogP contribution in [-0.2, 0) is 19.6 Å². The number of rotatable bonds is 6. The second kappa shape index (κ2) is 10.8. The van der Waals surface area contributed by atoms with E-state index >= 15 is 0 Å². The van der Waals surface area contributed by atoms with E-state index in [4.69, 9.17) is 16.3 Å². The summed E-state index contributed by atoms with van der Waals surface area (Å²) in [7, 11) is -3.81. The van der Waals surface area contributed by atoms with Crippen molar-refractivity contribution in [2.75, 3.05) is 26.2 Å². The number of hydrogen-bond acceptors (Lipinski definition) is 5. The predicted octanol–water partition coefficient (Wildman–Crippen LogP) is 3.85. The molecule has 7 nitrogen and oxygen atoms in total.